The van der Waals surface area contributed by atoms with Crippen LogP contribution in [0.5, 0.6) is 0 Å². The molecule has 13 heavy (non-hydrogen) atoms. The molecule has 4 atom stereocenters. The van der Waals surface area contributed by atoms with E-state index in [1.165, 1.54) is 0 Å². The molecular weight excluding hydrogens is 160 g/mol. The van der Waals surface area contributed by atoms with Gasteiger partial charge < -0.3 is 4.74 Å². The highest BCUT2D eigenvalue weighted by molar-refractivity contribution is 4.88. The number of ether oxygens (including phenoxy) is 1. The molecule has 1 saturated heterocycles. The van der Waals surface area contributed by atoms with E-state index in [0.29, 0.717) is 35.9 Å². The van der Waals surface area contributed by atoms with Crippen LogP contribution < -0.4 is 0 Å². The van der Waals surface area contributed by atoms with Gasteiger partial charge in [0.1, 0.15) is 0 Å². The topological polar surface area (TPSA) is 9.23 Å². The summed E-state index contributed by atoms with van der Waals surface area (Å²) >= 11 is 0. The van der Waals surface area contributed by atoms with Crippen LogP contribution in [0.3, 0.4) is 0 Å². The standard InChI is InChI=1S/C12H24O/c1-7(2)11-9(5)10(6)12(13-11)8(3)4/h7-12H,1-6H3/t9-,10+,11+,12-. The highest BCUT2D eigenvalue weighted by Gasteiger charge is 2.41. The van der Waals surface area contributed by atoms with Crippen molar-refractivity contribution in [3.63, 3.8) is 0 Å². The fourth-order valence-electron chi connectivity index (χ4n) is 2.56. The number of hydrogen-bond donors (Lipinski definition) is 0. The van der Waals surface area contributed by atoms with Crippen molar-refractivity contribution in [2.45, 2.75) is 53.8 Å². The Morgan fingerprint density at radius 2 is 1.08 bits per heavy atom. The summed E-state index contributed by atoms with van der Waals surface area (Å²) in [5.41, 5.74) is 0. The lowest BCUT2D eigenvalue weighted by molar-refractivity contribution is -0.0155. The third-order valence-electron chi connectivity index (χ3n) is 3.49. The van der Waals surface area contributed by atoms with Crippen LogP contribution in [0, 0.1) is 23.7 Å². The maximum Gasteiger partial charge on any atom is 0.0631 e. The average Bonchev–Trinajstić information content (AvgIpc) is 2.29. The van der Waals surface area contributed by atoms with Gasteiger partial charge in [-0.15, -0.1) is 0 Å². The number of hydrogen-bond acceptors (Lipinski definition) is 1. The van der Waals surface area contributed by atoms with Crippen molar-refractivity contribution in [1.82, 2.24) is 0 Å². The predicted molar refractivity (Wildman–Crippen MR) is 56.7 cm³/mol. The monoisotopic (exact) mass is 184 g/mol. The molecule has 1 heterocycles. The zero-order valence-electron chi connectivity index (χ0n) is 9.87. The van der Waals surface area contributed by atoms with Gasteiger partial charge in [0.2, 0.25) is 0 Å². The Balaban J connectivity index is 2.66. The Morgan fingerprint density at radius 1 is 0.769 bits per heavy atom. The third-order valence-corrected chi connectivity index (χ3v) is 3.49. The lowest BCUT2D eigenvalue weighted by Crippen LogP contribution is -2.22. The molecule has 0 aromatic carbocycles. The Labute approximate surface area is 82.9 Å². The molecule has 1 aliphatic rings. The lowest BCUT2D eigenvalue weighted by atomic mass is 9.83. The molecule has 1 rings (SSSR count). The highest BCUT2D eigenvalue weighted by atomic mass is 16.5. The minimum Gasteiger partial charge on any atom is -0.374 e. The van der Waals surface area contributed by atoms with Gasteiger partial charge in [-0.2, -0.15) is 0 Å². The molecule has 0 saturated carbocycles. The van der Waals surface area contributed by atoms with Crippen molar-refractivity contribution in [2.75, 3.05) is 0 Å². The summed E-state index contributed by atoms with van der Waals surface area (Å²) < 4.78 is 6.11. The van der Waals surface area contributed by atoms with Gasteiger partial charge in [-0.3, -0.25) is 0 Å². The van der Waals surface area contributed by atoms with E-state index >= 15 is 0 Å². The van der Waals surface area contributed by atoms with Crippen molar-refractivity contribution >= 4 is 0 Å². The van der Waals surface area contributed by atoms with Crippen LogP contribution in [0.2, 0.25) is 0 Å². The summed E-state index contributed by atoms with van der Waals surface area (Å²) in [6, 6.07) is 0. The summed E-state index contributed by atoms with van der Waals surface area (Å²) in [6.45, 7) is 13.7. The van der Waals surface area contributed by atoms with Crippen LogP contribution in [-0.4, -0.2) is 12.2 Å². The molecule has 0 aromatic rings. The van der Waals surface area contributed by atoms with Gasteiger partial charge in [-0.05, 0) is 23.7 Å². The molecule has 1 heteroatoms. The summed E-state index contributed by atoms with van der Waals surface area (Å²) in [7, 11) is 0. The molecule has 1 nitrogen and oxygen atoms in total. The van der Waals surface area contributed by atoms with E-state index in [9.17, 15) is 0 Å². The van der Waals surface area contributed by atoms with E-state index in [4.69, 9.17) is 4.74 Å². The van der Waals surface area contributed by atoms with E-state index in [0.717, 1.165) is 0 Å². The molecule has 0 aliphatic carbocycles. The zero-order chi connectivity index (χ0) is 10.2. The SMILES string of the molecule is CC(C)[C@H]1O[C@@H](C(C)C)[C@H](C)[C@@H]1C. The van der Waals surface area contributed by atoms with Crippen molar-refractivity contribution in [2.24, 2.45) is 23.7 Å². The van der Waals surface area contributed by atoms with Gasteiger partial charge in [0.25, 0.3) is 0 Å². The molecule has 1 fully saturated rings. The van der Waals surface area contributed by atoms with Gasteiger partial charge in [0, 0.05) is 0 Å². The molecule has 0 unspecified atom stereocenters. The predicted octanol–water partition coefficient (Wildman–Crippen LogP) is 3.34. The molecular formula is C12H24O. The first-order valence-corrected chi connectivity index (χ1v) is 5.60. The van der Waals surface area contributed by atoms with E-state index in [2.05, 4.69) is 41.5 Å². The minimum absolute atomic E-state index is 0.474. The minimum atomic E-state index is 0.474. The van der Waals surface area contributed by atoms with E-state index in [-0.39, 0.29) is 0 Å². The van der Waals surface area contributed by atoms with Crippen LogP contribution in [0.25, 0.3) is 0 Å². The molecule has 0 N–H and O–H groups in total. The summed E-state index contributed by atoms with van der Waals surface area (Å²) in [5, 5.41) is 0. The van der Waals surface area contributed by atoms with Crippen LogP contribution in [0.4, 0.5) is 0 Å². The van der Waals surface area contributed by atoms with Crippen LogP contribution in [0.15, 0.2) is 0 Å². The quantitative estimate of drug-likeness (QED) is 0.639. The van der Waals surface area contributed by atoms with Crippen molar-refractivity contribution < 1.29 is 4.74 Å². The second-order valence-electron chi connectivity index (χ2n) is 5.27. The summed E-state index contributed by atoms with van der Waals surface area (Å²) in [6.07, 6.45) is 0.949. The number of rotatable bonds is 2. The first-order valence-electron chi connectivity index (χ1n) is 5.60. The molecule has 0 aromatic heterocycles. The molecule has 78 valence electrons. The van der Waals surface area contributed by atoms with Crippen molar-refractivity contribution in [3.8, 4) is 0 Å². The first-order chi connectivity index (χ1) is 5.95. The molecule has 0 bridgehead atoms. The van der Waals surface area contributed by atoms with Crippen LogP contribution >= 0.6 is 0 Å². The van der Waals surface area contributed by atoms with Gasteiger partial charge in [0.15, 0.2) is 0 Å². The highest BCUT2D eigenvalue weighted by Crippen LogP contribution is 2.38. The normalized spacial score (nSPS) is 40.6. The Hall–Kier alpha value is -0.0400. The summed E-state index contributed by atoms with van der Waals surface area (Å²) in [5.74, 6) is 2.74. The van der Waals surface area contributed by atoms with Gasteiger partial charge >= 0.3 is 0 Å². The third kappa shape index (κ3) is 2.07. The van der Waals surface area contributed by atoms with Gasteiger partial charge in [0.05, 0.1) is 12.2 Å². The van der Waals surface area contributed by atoms with E-state index < -0.39 is 0 Å². The first kappa shape index (κ1) is 11.0. The summed E-state index contributed by atoms with van der Waals surface area (Å²) in [4.78, 5) is 0. The second kappa shape index (κ2) is 4.00. The Kier molecular flexibility index (Phi) is 3.39. The molecule has 0 spiro atoms. The Bertz CT molecular complexity index is 145. The smallest absolute Gasteiger partial charge is 0.0631 e. The molecule has 0 radical (unpaired) electrons. The van der Waals surface area contributed by atoms with Crippen LogP contribution in [-0.2, 0) is 4.74 Å². The van der Waals surface area contributed by atoms with Gasteiger partial charge in [-0.25, -0.2) is 0 Å². The fraction of sp³-hybridized carbons (Fsp3) is 1.00. The average molecular weight is 184 g/mol. The second-order valence-corrected chi connectivity index (χ2v) is 5.27. The maximum atomic E-state index is 6.11. The lowest BCUT2D eigenvalue weighted by Gasteiger charge is -2.20. The maximum absolute atomic E-state index is 6.11. The van der Waals surface area contributed by atoms with Crippen molar-refractivity contribution in [3.05, 3.63) is 0 Å². The van der Waals surface area contributed by atoms with Gasteiger partial charge in [-0.1, -0.05) is 41.5 Å². The zero-order valence-corrected chi connectivity index (χ0v) is 9.87. The fourth-order valence-corrected chi connectivity index (χ4v) is 2.56. The Morgan fingerprint density at radius 3 is 1.23 bits per heavy atom. The van der Waals surface area contributed by atoms with Crippen molar-refractivity contribution in [1.29, 1.82) is 0 Å². The van der Waals surface area contributed by atoms with E-state index in [1.807, 2.05) is 0 Å². The van der Waals surface area contributed by atoms with E-state index in [1.54, 1.807) is 0 Å². The molecule has 0 amide bonds. The molecule has 1 aliphatic heterocycles. The largest absolute Gasteiger partial charge is 0.374 e. The van der Waals surface area contributed by atoms with Crippen LogP contribution in [0.1, 0.15) is 41.5 Å².